The lowest BCUT2D eigenvalue weighted by molar-refractivity contribution is -0.155. The summed E-state index contributed by atoms with van der Waals surface area (Å²) < 4.78 is 0. The molecule has 2 atom stereocenters. The van der Waals surface area contributed by atoms with Gasteiger partial charge in [-0.1, -0.05) is 40.5 Å². The second-order valence-electron chi connectivity index (χ2n) is 5.73. The van der Waals surface area contributed by atoms with E-state index in [0.717, 1.165) is 12.8 Å². The van der Waals surface area contributed by atoms with Crippen molar-refractivity contribution in [3.8, 4) is 0 Å². The Balaban J connectivity index is 4.98. The van der Waals surface area contributed by atoms with Crippen LogP contribution in [0.25, 0.3) is 0 Å². The first-order valence-electron chi connectivity index (χ1n) is 6.67. The highest BCUT2D eigenvalue weighted by molar-refractivity contribution is 5.74. The van der Waals surface area contributed by atoms with Gasteiger partial charge in [0.25, 0.3) is 0 Å². The average Bonchev–Trinajstić information content (AvgIpc) is 2.23. The number of hydrogen-bond acceptors (Lipinski definition) is 2. The minimum absolute atomic E-state index is 0.0643. The molecule has 0 fully saturated rings. The van der Waals surface area contributed by atoms with Crippen molar-refractivity contribution in [2.45, 2.75) is 72.3 Å². The van der Waals surface area contributed by atoms with Crippen LogP contribution in [0.5, 0.6) is 0 Å². The Bertz CT molecular complexity index is 246. The summed E-state index contributed by atoms with van der Waals surface area (Å²) in [5.41, 5.74) is -1.69. The molecular weight excluding hydrogens is 216 g/mol. The molecule has 0 rings (SSSR count). The Kier molecular flexibility index (Phi) is 6.17. The van der Waals surface area contributed by atoms with Crippen LogP contribution < -0.4 is 0 Å². The monoisotopic (exact) mass is 244 g/mol. The predicted octanol–water partition coefficient (Wildman–Crippen LogP) is 3.45. The van der Waals surface area contributed by atoms with Crippen LogP contribution in [0.15, 0.2) is 0 Å². The molecule has 17 heavy (non-hydrogen) atoms. The molecule has 2 N–H and O–H groups in total. The minimum atomic E-state index is -0.915. The van der Waals surface area contributed by atoms with E-state index in [1.807, 2.05) is 20.8 Å². The lowest BCUT2D eigenvalue weighted by atomic mass is 9.69. The Morgan fingerprint density at radius 1 is 1.29 bits per heavy atom. The zero-order chi connectivity index (χ0) is 13.7. The number of aliphatic hydroxyl groups is 1. The van der Waals surface area contributed by atoms with Gasteiger partial charge in [0.15, 0.2) is 0 Å². The number of rotatable bonds is 8. The van der Waals surface area contributed by atoms with Gasteiger partial charge in [-0.15, -0.1) is 0 Å². The number of carboxylic acids is 1. The summed E-state index contributed by atoms with van der Waals surface area (Å²) in [5, 5.41) is 19.8. The van der Waals surface area contributed by atoms with Gasteiger partial charge < -0.3 is 10.2 Å². The van der Waals surface area contributed by atoms with Crippen LogP contribution in [0.4, 0.5) is 0 Å². The van der Waals surface area contributed by atoms with E-state index in [2.05, 4.69) is 6.92 Å². The molecule has 0 bridgehead atoms. The van der Waals surface area contributed by atoms with Gasteiger partial charge in [0.2, 0.25) is 0 Å². The van der Waals surface area contributed by atoms with Crippen LogP contribution >= 0.6 is 0 Å². The molecule has 3 nitrogen and oxygen atoms in total. The SMILES string of the molecule is CCCCC(CC)(CC(C)(O)C(C)C)C(=O)O. The van der Waals surface area contributed by atoms with Crippen LogP contribution in [-0.4, -0.2) is 21.8 Å². The quantitative estimate of drug-likeness (QED) is 0.687. The van der Waals surface area contributed by atoms with Gasteiger partial charge in [0, 0.05) is 0 Å². The summed E-state index contributed by atoms with van der Waals surface area (Å²) in [5.74, 6) is -0.705. The fourth-order valence-electron chi connectivity index (χ4n) is 2.13. The van der Waals surface area contributed by atoms with Gasteiger partial charge in [0.05, 0.1) is 11.0 Å². The molecule has 0 aliphatic heterocycles. The number of aliphatic carboxylic acids is 1. The summed E-state index contributed by atoms with van der Waals surface area (Å²) >= 11 is 0. The molecule has 3 heteroatoms. The van der Waals surface area contributed by atoms with E-state index in [9.17, 15) is 15.0 Å². The van der Waals surface area contributed by atoms with Crippen molar-refractivity contribution < 1.29 is 15.0 Å². The Hall–Kier alpha value is -0.570. The predicted molar refractivity (Wildman–Crippen MR) is 70.0 cm³/mol. The molecule has 0 saturated carbocycles. The highest BCUT2D eigenvalue weighted by Gasteiger charge is 2.43. The van der Waals surface area contributed by atoms with Crippen molar-refractivity contribution in [1.29, 1.82) is 0 Å². The van der Waals surface area contributed by atoms with Gasteiger partial charge in [-0.2, -0.15) is 0 Å². The van der Waals surface area contributed by atoms with Crippen LogP contribution in [-0.2, 0) is 4.79 Å². The highest BCUT2D eigenvalue weighted by Crippen LogP contribution is 2.40. The minimum Gasteiger partial charge on any atom is -0.481 e. The summed E-state index contributed by atoms with van der Waals surface area (Å²) in [7, 11) is 0. The first kappa shape index (κ1) is 16.4. The van der Waals surface area contributed by atoms with Gasteiger partial charge in [-0.3, -0.25) is 4.79 Å². The fourth-order valence-corrected chi connectivity index (χ4v) is 2.13. The molecule has 0 aliphatic carbocycles. The molecule has 0 saturated heterocycles. The van der Waals surface area contributed by atoms with Crippen molar-refractivity contribution in [2.24, 2.45) is 11.3 Å². The second kappa shape index (κ2) is 6.39. The zero-order valence-electron chi connectivity index (χ0n) is 11.9. The second-order valence-corrected chi connectivity index (χ2v) is 5.73. The molecule has 0 spiro atoms. The molecule has 0 radical (unpaired) electrons. The van der Waals surface area contributed by atoms with Crippen molar-refractivity contribution in [3.05, 3.63) is 0 Å². The third-order valence-corrected chi connectivity index (χ3v) is 4.08. The summed E-state index contributed by atoms with van der Waals surface area (Å²) in [6.07, 6.45) is 3.44. The van der Waals surface area contributed by atoms with Crippen molar-refractivity contribution in [1.82, 2.24) is 0 Å². The highest BCUT2D eigenvalue weighted by atomic mass is 16.4. The number of carbonyl (C=O) groups is 1. The molecule has 0 aromatic carbocycles. The molecule has 0 aliphatic rings. The lowest BCUT2D eigenvalue weighted by Gasteiger charge is -2.38. The zero-order valence-corrected chi connectivity index (χ0v) is 11.9. The topological polar surface area (TPSA) is 57.5 Å². The third kappa shape index (κ3) is 4.30. The number of unbranched alkanes of at least 4 members (excludes halogenated alkanes) is 1. The van der Waals surface area contributed by atoms with E-state index in [1.165, 1.54) is 0 Å². The summed E-state index contributed by atoms with van der Waals surface area (Å²) in [6, 6.07) is 0. The van der Waals surface area contributed by atoms with Gasteiger partial charge in [0.1, 0.15) is 0 Å². The molecule has 0 aromatic rings. The summed E-state index contributed by atoms with van der Waals surface area (Å²) in [4.78, 5) is 11.5. The first-order valence-corrected chi connectivity index (χ1v) is 6.67. The summed E-state index contributed by atoms with van der Waals surface area (Å²) in [6.45, 7) is 9.57. The molecular formula is C14H28O3. The first-order chi connectivity index (χ1) is 7.72. The van der Waals surface area contributed by atoms with Crippen LogP contribution in [0.1, 0.15) is 66.7 Å². The molecule has 102 valence electrons. The van der Waals surface area contributed by atoms with Crippen molar-refractivity contribution >= 4 is 5.97 Å². The molecule has 0 amide bonds. The van der Waals surface area contributed by atoms with E-state index in [0.29, 0.717) is 19.3 Å². The van der Waals surface area contributed by atoms with Gasteiger partial charge in [-0.25, -0.2) is 0 Å². The largest absolute Gasteiger partial charge is 0.481 e. The Morgan fingerprint density at radius 3 is 2.12 bits per heavy atom. The smallest absolute Gasteiger partial charge is 0.309 e. The molecule has 0 aromatic heterocycles. The third-order valence-electron chi connectivity index (χ3n) is 4.08. The van der Waals surface area contributed by atoms with E-state index in [1.54, 1.807) is 6.92 Å². The lowest BCUT2D eigenvalue weighted by Crippen LogP contribution is -2.42. The maximum atomic E-state index is 11.5. The standard InChI is InChI=1S/C14H28O3/c1-6-8-9-14(7-2,12(15)16)10-13(5,17)11(3)4/h11,17H,6-10H2,1-5H3,(H,15,16). The van der Waals surface area contributed by atoms with Crippen molar-refractivity contribution in [2.75, 3.05) is 0 Å². The maximum absolute atomic E-state index is 11.5. The fraction of sp³-hybridized carbons (Fsp3) is 0.929. The Morgan fingerprint density at radius 2 is 1.82 bits per heavy atom. The molecule has 0 heterocycles. The van der Waals surface area contributed by atoms with Crippen LogP contribution in [0.2, 0.25) is 0 Å². The van der Waals surface area contributed by atoms with E-state index < -0.39 is 17.0 Å². The van der Waals surface area contributed by atoms with E-state index >= 15 is 0 Å². The van der Waals surface area contributed by atoms with Crippen molar-refractivity contribution in [3.63, 3.8) is 0 Å². The number of carboxylic acid groups (broad SMARTS) is 1. The molecule has 2 unspecified atom stereocenters. The Labute approximate surface area is 105 Å². The van der Waals surface area contributed by atoms with E-state index in [-0.39, 0.29) is 5.92 Å². The van der Waals surface area contributed by atoms with Gasteiger partial charge in [-0.05, 0) is 32.1 Å². The van der Waals surface area contributed by atoms with Gasteiger partial charge >= 0.3 is 5.97 Å². The van der Waals surface area contributed by atoms with Crippen LogP contribution in [0, 0.1) is 11.3 Å². The average molecular weight is 244 g/mol. The number of hydrogen-bond donors (Lipinski definition) is 2. The normalized spacial score (nSPS) is 18.8. The van der Waals surface area contributed by atoms with E-state index in [4.69, 9.17) is 0 Å². The van der Waals surface area contributed by atoms with Crippen LogP contribution in [0.3, 0.4) is 0 Å². The maximum Gasteiger partial charge on any atom is 0.309 e.